The Morgan fingerprint density at radius 2 is 1.67 bits per heavy atom. The van der Waals surface area contributed by atoms with Gasteiger partial charge in [0, 0.05) is 0 Å². The van der Waals surface area contributed by atoms with Crippen LogP contribution in [0.1, 0.15) is 32.1 Å². The average molecular weight is 130 g/mol. The summed E-state index contributed by atoms with van der Waals surface area (Å²) in [4.78, 5) is 0. The van der Waals surface area contributed by atoms with Crippen LogP contribution in [-0.4, -0.2) is 10.9 Å². The minimum Gasteiger partial charge on any atom is -0.411 e. The van der Waals surface area contributed by atoms with Crippen LogP contribution in [0.5, 0.6) is 0 Å². The van der Waals surface area contributed by atoms with Gasteiger partial charge in [0.2, 0.25) is 0 Å². The number of hydrogen-bond donors (Lipinski definition) is 2. The molecule has 0 bridgehead atoms. The predicted molar refractivity (Wildman–Crippen MR) is 37.3 cm³/mol. The van der Waals surface area contributed by atoms with Gasteiger partial charge in [0.15, 0.2) is 0 Å². The molecule has 4 N–H and O–H groups in total. The molecule has 0 aromatic rings. The highest BCUT2D eigenvalue weighted by molar-refractivity contribution is 5.84. The summed E-state index contributed by atoms with van der Waals surface area (Å²) in [7, 11) is 0. The van der Waals surface area contributed by atoms with Crippen LogP contribution in [0, 0.1) is 0 Å². The van der Waals surface area contributed by atoms with E-state index in [0.29, 0.717) is 0 Å². The van der Waals surface area contributed by atoms with E-state index in [2.05, 4.69) is 5.16 Å². The molecule has 0 amide bonds. The molecule has 0 aliphatic heterocycles. The summed E-state index contributed by atoms with van der Waals surface area (Å²) in [6.45, 7) is 0. The van der Waals surface area contributed by atoms with Crippen LogP contribution in [-0.2, 0) is 0 Å². The Labute approximate surface area is 55.3 Å². The van der Waals surface area contributed by atoms with E-state index in [9.17, 15) is 0 Å². The van der Waals surface area contributed by atoms with Crippen molar-refractivity contribution in [3.63, 3.8) is 0 Å². The molecule has 1 aliphatic carbocycles. The zero-order valence-corrected chi connectivity index (χ0v) is 5.64. The van der Waals surface area contributed by atoms with Crippen molar-refractivity contribution in [1.82, 2.24) is 6.15 Å². The minimum absolute atomic E-state index is 0. The lowest BCUT2D eigenvalue weighted by atomic mass is 9.99. The van der Waals surface area contributed by atoms with Crippen molar-refractivity contribution in [2.24, 2.45) is 5.16 Å². The third-order valence-corrected chi connectivity index (χ3v) is 1.57. The second-order valence-electron chi connectivity index (χ2n) is 2.23. The fraction of sp³-hybridized carbons (Fsp3) is 0.833. The molecular weight excluding hydrogens is 116 g/mol. The van der Waals surface area contributed by atoms with Crippen molar-refractivity contribution in [2.45, 2.75) is 32.1 Å². The average Bonchev–Trinajstić information content (AvgIpc) is 1.90. The molecule has 0 spiro atoms. The van der Waals surface area contributed by atoms with Crippen LogP contribution in [0.25, 0.3) is 0 Å². The molecule has 0 aromatic heterocycles. The SMILES string of the molecule is N.ON=C1CCCCC1. The van der Waals surface area contributed by atoms with E-state index < -0.39 is 0 Å². The van der Waals surface area contributed by atoms with E-state index in [1.165, 1.54) is 19.3 Å². The first-order valence-electron chi connectivity index (χ1n) is 3.13. The molecule has 0 atom stereocenters. The van der Waals surface area contributed by atoms with Gasteiger partial charge in [-0.2, -0.15) is 0 Å². The van der Waals surface area contributed by atoms with Crippen molar-refractivity contribution >= 4 is 5.71 Å². The molecule has 0 heterocycles. The van der Waals surface area contributed by atoms with Crippen molar-refractivity contribution in [1.29, 1.82) is 0 Å². The first-order valence-corrected chi connectivity index (χ1v) is 3.13. The normalized spacial score (nSPS) is 18.4. The van der Waals surface area contributed by atoms with Crippen LogP contribution in [0.4, 0.5) is 0 Å². The van der Waals surface area contributed by atoms with Crippen LogP contribution < -0.4 is 6.15 Å². The van der Waals surface area contributed by atoms with Gasteiger partial charge in [-0.1, -0.05) is 11.6 Å². The standard InChI is InChI=1S/C6H11NO.H3N/c8-7-6-4-2-1-3-5-6;/h8H,1-5H2;1H3. The van der Waals surface area contributed by atoms with Crippen LogP contribution in [0.3, 0.4) is 0 Å². The fourth-order valence-corrected chi connectivity index (χ4v) is 1.06. The largest absolute Gasteiger partial charge is 0.411 e. The highest BCUT2D eigenvalue weighted by Crippen LogP contribution is 2.13. The number of rotatable bonds is 0. The van der Waals surface area contributed by atoms with Crippen LogP contribution in [0.2, 0.25) is 0 Å². The first-order chi connectivity index (χ1) is 3.93. The molecule has 0 aromatic carbocycles. The van der Waals surface area contributed by atoms with E-state index in [0.717, 1.165) is 18.6 Å². The van der Waals surface area contributed by atoms with Gasteiger partial charge in [0.1, 0.15) is 0 Å². The third kappa shape index (κ3) is 2.46. The van der Waals surface area contributed by atoms with Crippen molar-refractivity contribution in [3.05, 3.63) is 0 Å². The predicted octanol–water partition coefficient (Wildman–Crippen LogP) is 1.94. The van der Waals surface area contributed by atoms with Gasteiger partial charge in [0.05, 0.1) is 5.71 Å². The monoisotopic (exact) mass is 130 g/mol. The van der Waals surface area contributed by atoms with Gasteiger partial charge in [-0.25, -0.2) is 0 Å². The molecule has 1 aliphatic rings. The number of oxime groups is 1. The molecule has 0 radical (unpaired) electrons. The van der Waals surface area contributed by atoms with Gasteiger partial charge in [-0.05, 0) is 25.7 Å². The lowest BCUT2D eigenvalue weighted by Gasteiger charge is -2.08. The van der Waals surface area contributed by atoms with Gasteiger partial charge >= 0.3 is 0 Å². The zero-order valence-electron chi connectivity index (χ0n) is 5.64. The zero-order chi connectivity index (χ0) is 5.82. The highest BCUT2D eigenvalue weighted by atomic mass is 16.4. The summed E-state index contributed by atoms with van der Waals surface area (Å²) >= 11 is 0. The number of nitrogens with zero attached hydrogens (tertiary/aromatic N) is 1. The minimum atomic E-state index is 0. The Kier molecular flexibility index (Phi) is 4.05. The molecule has 3 nitrogen and oxygen atoms in total. The van der Waals surface area contributed by atoms with E-state index in [1.54, 1.807) is 0 Å². The summed E-state index contributed by atoms with van der Waals surface area (Å²) in [5.41, 5.74) is 0.983. The Balaban J connectivity index is 0.000000640. The maximum Gasteiger partial charge on any atom is 0.0570 e. The van der Waals surface area contributed by atoms with Gasteiger partial charge in [-0.3, -0.25) is 0 Å². The molecular formula is C6H14N2O. The summed E-state index contributed by atoms with van der Waals surface area (Å²) in [5, 5.41) is 11.4. The smallest absolute Gasteiger partial charge is 0.0570 e. The molecule has 3 heteroatoms. The topological polar surface area (TPSA) is 67.6 Å². The fourth-order valence-electron chi connectivity index (χ4n) is 1.06. The Hall–Kier alpha value is -0.570. The van der Waals surface area contributed by atoms with Gasteiger partial charge < -0.3 is 11.4 Å². The van der Waals surface area contributed by atoms with Crippen LogP contribution in [0.15, 0.2) is 5.16 Å². The molecule has 54 valence electrons. The quantitative estimate of drug-likeness (QED) is 0.388. The maximum atomic E-state index is 8.28. The molecule has 1 saturated carbocycles. The molecule has 9 heavy (non-hydrogen) atoms. The third-order valence-electron chi connectivity index (χ3n) is 1.57. The lowest BCUT2D eigenvalue weighted by Crippen LogP contribution is -2.03. The van der Waals surface area contributed by atoms with Gasteiger partial charge in [0.25, 0.3) is 0 Å². The molecule has 1 rings (SSSR count). The lowest BCUT2D eigenvalue weighted by molar-refractivity contribution is 0.314. The summed E-state index contributed by atoms with van der Waals surface area (Å²) < 4.78 is 0. The molecule has 0 saturated heterocycles. The van der Waals surface area contributed by atoms with E-state index >= 15 is 0 Å². The van der Waals surface area contributed by atoms with E-state index in [-0.39, 0.29) is 6.15 Å². The molecule has 1 fully saturated rings. The Morgan fingerprint density at radius 1 is 1.11 bits per heavy atom. The highest BCUT2D eigenvalue weighted by Gasteiger charge is 2.05. The second kappa shape index (κ2) is 4.32. The van der Waals surface area contributed by atoms with Crippen molar-refractivity contribution in [3.8, 4) is 0 Å². The van der Waals surface area contributed by atoms with Gasteiger partial charge in [-0.15, -0.1) is 0 Å². The number of hydrogen-bond acceptors (Lipinski definition) is 3. The summed E-state index contributed by atoms with van der Waals surface area (Å²) in [6, 6.07) is 0. The Morgan fingerprint density at radius 3 is 2.00 bits per heavy atom. The summed E-state index contributed by atoms with van der Waals surface area (Å²) in [6.07, 6.45) is 5.74. The van der Waals surface area contributed by atoms with Crippen LogP contribution >= 0.6 is 0 Å². The van der Waals surface area contributed by atoms with E-state index in [1.807, 2.05) is 0 Å². The van der Waals surface area contributed by atoms with Crippen molar-refractivity contribution in [2.75, 3.05) is 0 Å². The summed E-state index contributed by atoms with van der Waals surface area (Å²) in [5.74, 6) is 0. The van der Waals surface area contributed by atoms with E-state index in [4.69, 9.17) is 5.21 Å². The Bertz CT molecular complexity index is 93.2. The van der Waals surface area contributed by atoms with Crippen molar-refractivity contribution < 1.29 is 5.21 Å². The molecule has 0 unspecified atom stereocenters. The maximum absolute atomic E-state index is 8.28. The first kappa shape index (κ1) is 8.43. The second-order valence-corrected chi connectivity index (χ2v) is 2.23.